The number of anilines is 1. The van der Waals surface area contributed by atoms with E-state index in [1.165, 1.54) is 0 Å². The lowest BCUT2D eigenvalue weighted by atomic mass is 10.3. The van der Waals surface area contributed by atoms with E-state index in [1.807, 2.05) is 30.5 Å². The van der Waals surface area contributed by atoms with Crippen LogP contribution in [0.1, 0.15) is 0 Å². The summed E-state index contributed by atoms with van der Waals surface area (Å²) in [5, 5.41) is 19.6. The lowest BCUT2D eigenvalue weighted by Crippen LogP contribution is -2.07. The molecule has 0 saturated carbocycles. The Morgan fingerprint density at radius 1 is 1.27 bits per heavy atom. The highest BCUT2D eigenvalue weighted by atomic mass is 16.3. The molecule has 2 aromatic heterocycles. The van der Waals surface area contributed by atoms with Gasteiger partial charge in [0.2, 0.25) is 0 Å². The summed E-state index contributed by atoms with van der Waals surface area (Å²) < 4.78 is 0. The van der Waals surface area contributed by atoms with Gasteiger partial charge in [-0.1, -0.05) is 0 Å². The highest BCUT2D eigenvalue weighted by Gasteiger charge is 2.00. The van der Waals surface area contributed by atoms with Crippen LogP contribution in [0.15, 0.2) is 30.5 Å². The lowest BCUT2D eigenvalue weighted by molar-refractivity contribution is 0.311. The summed E-state index contributed by atoms with van der Waals surface area (Å²) in [5.41, 5.74) is 1.74. The first-order valence-corrected chi connectivity index (χ1v) is 4.72. The smallest absolute Gasteiger partial charge is 0.148 e. The molecule has 5 heteroatoms. The molecule has 0 aliphatic heterocycles. The maximum atomic E-state index is 8.62. The molecule has 0 bridgehead atoms. The Morgan fingerprint density at radius 2 is 2.20 bits per heavy atom. The van der Waals surface area contributed by atoms with Crippen LogP contribution in [0.4, 0.5) is 5.82 Å². The maximum absolute atomic E-state index is 8.62. The molecule has 78 valence electrons. The number of hydrogen-bond donors (Lipinski definition) is 3. The van der Waals surface area contributed by atoms with E-state index < -0.39 is 0 Å². The Hall–Kier alpha value is -1.88. The second-order valence-electron chi connectivity index (χ2n) is 3.04. The molecule has 0 unspecified atom stereocenters. The first kappa shape index (κ1) is 9.67. The van der Waals surface area contributed by atoms with E-state index in [4.69, 9.17) is 5.11 Å². The fraction of sp³-hybridized carbons (Fsp3) is 0.200. The molecule has 0 aliphatic carbocycles. The van der Waals surface area contributed by atoms with Gasteiger partial charge in [0, 0.05) is 12.7 Å². The average Bonchev–Trinajstić information content (AvgIpc) is 2.80. The van der Waals surface area contributed by atoms with Gasteiger partial charge >= 0.3 is 0 Å². The molecule has 0 radical (unpaired) electrons. The second kappa shape index (κ2) is 4.56. The molecule has 0 spiro atoms. The number of nitrogens with zero attached hydrogens (tertiary/aromatic N) is 2. The van der Waals surface area contributed by atoms with E-state index in [-0.39, 0.29) is 6.61 Å². The molecule has 0 atom stereocenters. The first-order chi connectivity index (χ1) is 7.40. The number of aliphatic hydroxyl groups is 1. The fourth-order valence-electron chi connectivity index (χ4n) is 1.24. The van der Waals surface area contributed by atoms with E-state index in [0.717, 1.165) is 11.4 Å². The van der Waals surface area contributed by atoms with Crippen molar-refractivity contribution in [2.75, 3.05) is 18.5 Å². The third-order valence-corrected chi connectivity index (χ3v) is 1.96. The number of aliphatic hydroxyl groups excluding tert-OH is 1. The van der Waals surface area contributed by atoms with Crippen LogP contribution in [0.25, 0.3) is 11.4 Å². The largest absolute Gasteiger partial charge is 0.395 e. The van der Waals surface area contributed by atoms with Crippen molar-refractivity contribution >= 4 is 5.82 Å². The molecule has 0 aliphatic rings. The van der Waals surface area contributed by atoms with E-state index >= 15 is 0 Å². The van der Waals surface area contributed by atoms with Crippen molar-refractivity contribution in [1.82, 2.24) is 15.2 Å². The molecule has 0 fully saturated rings. The predicted octanol–water partition coefficient (Wildman–Crippen LogP) is 0.876. The van der Waals surface area contributed by atoms with Gasteiger partial charge in [0.1, 0.15) is 11.5 Å². The van der Waals surface area contributed by atoms with Gasteiger partial charge in [-0.25, -0.2) is 0 Å². The summed E-state index contributed by atoms with van der Waals surface area (Å²) >= 11 is 0. The van der Waals surface area contributed by atoms with Gasteiger partial charge in [-0.3, -0.25) is 0 Å². The van der Waals surface area contributed by atoms with Gasteiger partial charge in [0.15, 0.2) is 0 Å². The molecule has 0 aromatic carbocycles. The fourth-order valence-corrected chi connectivity index (χ4v) is 1.24. The van der Waals surface area contributed by atoms with Gasteiger partial charge in [-0.2, -0.15) is 0 Å². The summed E-state index contributed by atoms with van der Waals surface area (Å²) in [4.78, 5) is 3.05. The van der Waals surface area contributed by atoms with Gasteiger partial charge in [0.25, 0.3) is 0 Å². The van der Waals surface area contributed by atoms with Gasteiger partial charge in [-0.15, -0.1) is 10.2 Å². The second-order valence-corrected chi connectivity index (χ2v) is 3.04. The molecule has 0 amide bonds. The zero-order chi connectivity index (χ0) is 10.5. The number of hydrogen-bond acceptors (Lipinski definition) is 4. The van der Waals surface area contributed by atoms with Crippen LogP contribution in [0.3, 0.4) is 0 Å². The van der Waals surface area contributed by atoms with Crippen LogP contribution < -0.4 is 5.32 Å². The zero-order valence-electron chi connectivity index (χ0n) is 8.14. The molecule has 3 N–H and O–H groups in total. The summed E-state index contributed by atoms with van der Waals surface area (Å²) in [6.07, 6.45) is 1.84. The van der Waals surface area contributed by atoms with Crippen molar-refractivity contribution in [3.63, 3.8) is 0 Å². The topological polar surface area (TPSA) is 73.8 Å². The highest BCUT2D eigenvalue weighted by molar-refractivity contribution is 5.54. The quantitative estimate of drug-likeness (QED) is 0.691. The van der Waals surface area contributed by atoms with Crippen LogP contribution in [0.5, 0.6) is 0 Å². The molecular weight excluding hydrogens is 192 g/mol. The average molecular weight is 204 g/mol. The highest BCUT2D eigenvalue weighted by Crippen LogP contribution is 2.13. The predicted molar refractivity (Wildman–Crippen MR) is 57.4 cm³/mol. The molecule has 0 saturated heterocycles. The van der Waals surface area contributed by atoms with E-state index in [9.17, 15) is 0 Å². The molecule has 15 heavy (non-hydrogen) atoms. The molecule has 5 nitrogen and oxygen atoms in total. The van der Waals surface area contributed by atoms with Crippen molar-refractivity contribution in [2.45, 2.75) is 0 Å². The Bertz CT molecular complexity index is 396. The van der Waals surface area contributed by atoms with Crippen LogP contribution >= 0.6 is 0 Å². The van der Waals surface area contributed by atoms with Crippen LogP contribution in [0.2, 0.25) is 0 Å². The SMILES string of the molecule is OCCNc1ccc(-c2ccc[nH]2)nn1. The van der Waals surface area contributed by atoms with Crippen molar-refractivity contribution in [3.8, 4) is 11.4 Å². The van der Waals surface area contributed by atoms with E-state index in [2.05, 4.69) is 20.5 Å². The molecular formula is C10H12N4O. The molecule has 2 aromatic rings. The lowest BCUT2D eigenvalue weighted by Gasteiger charge is -2.02. The number of nitrogens with one attached hydrogen (secondary N) is 2. The zero-order valence-corrected chi connectivity index (χ0v) is 8.14. The number of H-pyrrole nitrogens is 1. The summed E-state index contributed by atoms with van der Waals surface area (Å²) in [6, 6.07) is 7.55. The van der Waals surface area contributed by atoms with Crippen LogP contribution in [-0.2, 0) is 0 Å². The van der Waals surface area contributed by atoms with Crippen LogP contribution in [-0.4, -0.2) is 33.4 Å². The third kappa shape index (κ3) is 2.32. The van der Waals surface area contributed by atoms with E-state index in [1.54, 1.807) is 0 Å². The minimum atomic E-state index is 0.0834. The van der Waals surface area contributed by atoms with Crippen molar-refractivity contribution in [3.05, 3.63) is 30.5 Å². The van der Waals surface area contributed by atoms with Crippen molar-refractivity contribution in [1.29, 1.82) is 0 Å². The minimum Gasteiger partial charge on any atom is -0.395 e. The summed E-state index contributed by atoms with van der Waals surface area (Å²) in [6.45, 7) is 0.566. The van der Waals surface area contributed by atoms with Gasteiger partial charge in [-0.05, 0) is 24.3 Å². The number of aromatic nitrogens is 3. The third-order valence-electron chi connectivity index (χ3n) is 1.96. The standard InChI is InChI=1S/C10H12N4O/c15-7-6-12-10-4-3-9(13-14-10)8-2-1-5-11-8/h1-5,11,15H,6-7H2,(H,12,14). The summed E-state index contributed by atoms with van der Waals surface area (Å²) in [7, 11) is 0. The maximum Gasteiger partial charge on any atom is 0.148 e. The Labute approximate surface area is 87.2 Å². The monoisotopic (exact) mass is 204 g/mol. The molecule has 2 heterocycles. The van der Waals surface area contributed by atoms with Crippen molar-refractivity contribution in [2.24, 2.45) is 0 Å². The Morgan fingerprint density at radius 3 is 2.80 bits per heavy atom. The Balaban J connectivity index is 2.11. The minimum absolute atomic E-state index is 0.0834. The Kier molecular flexibility index (Phi) is 2.94. The first-order valence-electron chi connectivity index (χ1n) is 4.72. The molecule has 2 rings (SSSR count). The van der Waals surface area contributed by atoms with Gasteiger partial charge in [0.05, 0.1) is 12.3 Å². The van der Waals surface area contributed by atoms with Gasteiger partial charge < -0.3 is 15.4 Å². The van der Waals surface area contributed by atoms with Crippen LogP contribution in [0, 0.1) is 0 Å². The van der Waals surface area contributed by atoms with Crippen molar-refractivity contribution < 1.29 is 5.11 Å². The van der Waals surface area contributed by atoms with E-state index in [0.29, 0.717) is 12.4 Å². The normalized spacial score (nSPS) is 10.2. The number of aromatic amines is 1. The summed E-state index contributed by atoms with van der Waals surface area (Å²) in [5.74, 6) is 0.666. The number of rotatable bonds is 4.